The minimum atomic E-state index is -3.56. The standard InChI is InChI=1S/C18H19N7O3S/c1-13-22-17(11-18(23-13)25-10-4-7-20-25)19-8-9-21-29(26,27)12-15-14-5-2-3-6-16(14)28-24-15/h2-7,10-11,21H,8-9,12H2,1H3,(H,19,22,23). The van der Waals surface area contributed by atoms with Crippen LogP contribution in [0.2, 0.25) is 0 Å². The molecule has 1 aromatic carbocycles. The van der Waals surface area contributed by atoms with E-state index in [1.54, 1.807) is 48.3 Å². The minimum absolute atomic E-state index is 0.193. The third kappa shape index (κ3) is 4.58. The molecule has 0 bridgehead atoms. The highest BCUT2D eigenvalue weighted by Gasteiger charge is 2.17. The van der Waals surface area contributed by atoms with Crippen molar-refractivity contribution in [1.82, 2.24) is 29.6 Å². The molecule has 11 heteroatoms. The summed E-state index contributed by atoms with van der Waals surface area (Å²) in [6.45, 7) is 2.33. The van der Waals surface area contributed by atoms with Gasteiger partial charge in [-0.1, -0.05) is 17.3 Å². The summed E-state index contributed by atoms with van der Waals surface area (Å²) >= 11 is 0. The largest absolute Gasteiger partial charge is 0.369 e. The van der Waals surface area contributed by atoms with E-state index >= 15 is 0 Å². The molecule has 0 unspecified atom stereocenters. The van der Waals surface area contributed by atoms with Crippen LogP contribution >= 0.6 is 0 Å². The number of anilines is 1. The van der Waals surface area contributed by atoms with Crippen molar-refractivity contribution in [2.45, 2.75) is 12.7 Å². The van der Waals surface area contributed by atoms with Gasteiger partial charge in [-0.3, -0.25) is 0 Å². The fourth-order valence-corrected chi connectivity index (χ4v) is 3.92. The number of hydrogen-bond donors (Lipinski definition) is 2. The van der Waals surface area contributed by atoms with E-state index in [2.05, 4.69) is 30.3 Å². The van der Waals surface area contributed by atoms with Crippen LogP contribution in [0.25, 0.3) is 16.8 Å². The minimum Gasteiger partial charge on any atom is -0.369 e. The summed E-state index contributed by atoms with van der Waals surface area (Å²) in [7, 11) is -3.56. The first-order valence-electron chi connectivity index (χ1n) is 8.90. The second-order valence-electron chi connectivity index (χ2n) is 6.31. The molecule has 3 aromatic heterocycles. The van der Waals surface area contributed by atoms with Gasteiger partial charge in [-0.05, 0) is 25.1 Å². The third-order valence-electron chi connectivity index (χ3n) is 4.10. The predicted octanol–water partition coefficient (Wildman–Crippen LogP) is 1.64. The normalized spacial score (nSPS) is 11.8. The van der Waals surface area contributed by atoms with E-state index in [0.717, 1.165) is 0 Å². The Hall–Kier alpha value is -3.31. The zero-order valence-electron chi connectivity index (χ0n) is 15.6. The number of aryl methyl sites for hydroxylation is 1. The van der Waals surface area contributed by atoms with Gasteiger partial charge in [0.1, 0.15) is 23.1 Å². The van der Waals surface area contributed by atoms with Crippen LogP contribution in [0.1, 0.15) is 11.5 Å². The molecule has 150 valence electrons. The van der Waals surface area contributed by atoms with Gasteiger partial charge in [0.15, 0.2) is 11.4 Å². The van der Waals surface area contributed by atoms with Gasteiger partial charge in [0.05, 0.1) is 0 Å². The lowest BCUT2D eigenvalue weighted by Crippen LogP contribution is -2.30. The number of rotatable bonds is 8. The maximum absolute atomic E-state index is 12.4. The number of sulfonamides is 1. The molecule has 0 amide bonds. The molecule has 29 heavy (non-hydrogen) atoms. The molecule has 0 spiro atoms. The van der Waals surface area contributed by atoms with Crippen molar-refractivity contribution in [3.63, 3.8) is 0 Å². The van der Waals surface area contributed by atoms with Crippen molar-refractivity contribution < 1.29 is 12.9 Å². The molecule has 0 radical (unpaired) electrons. The van der Waals surface area contributed by atoms with Crippen molar-refractivity contribution in [3.05, 3.63) is 60.3 Å². The Balaban J connectivity index is 1.34. The van der Waals surface area contributed by atoms with Crippen LogP contribution in [0.4, 0.5) is 5.82 Å². The van der Waals surface area contributed by atoms with E-state index in [1.807, 2.05) is 12.1 Å². The number of benzene rings is 1. The zero-order valence-corrected chi connectivity index (χ0v) is 16.4. The van der Waals surface area contributed by atoms with Crippen molar-refractivity contribution in [1.29, 1.82) is 0 Å². The van der Waals surface area contributed by atoms with Crippen LogP contribution in [0, 0.1) is 6.92 Å². The number of nitrogens with zero attached hydrogens (tertiary/aromatic N) is 5. The summed E-state index contributed by atoms with van der Waals surface area (Å²) in [6, 6.07) is 10.7. The molecule has 10 nitrogen and oxygen atoms in total. The zero-order chi connectivity index (χ0) is 20.3. The molecule has 4 rings (SSSR count). The van der Waals surface area contributed by atoms with E-state index in [9.17, 15) is 8.42 Å². The Morgan fingerprint density at radius 2 is 2.00 bits per heavy atom. The van der Waals surface area contributed by atoms with E-state index in [-0.39, 0.29) is 12.3 Å². The van der Waals surface area contributed by atoms with Crippen LogP contribution in [0.5, 0.6) is 0 Å². The lowest BCUT2D eigenvalue weighted by atomic mass is 10.2. The highest BCUT2D eigenvalue weighted by atomic mass is 32.2. The number of hydrogen-bond acceptors (Lipinski definition) is 8. The summed E-state index contributed by atoms with van der Waals surface area (Å²) < 4.78 is 34.1. The second-order valence-corrected chi connectivity index (χ2v) is 8.12. The lowest BCUT2D eigenvalue weighted by Gasteiger charge is -2.09. The van der Waals surface area contributed by atoms with Gasteiger partial charge in [0, 0.05) is 36.9 Å². The van der Waals surface area contributed by atoms with E-state index in [4.69, 9.17) is 4.52 Å². The molecule has 3 heterocycles. The first kappa shape index (κ1) is 19.0. The van der Waals surface area contributed by atoms with Crippen LogP contribution in [-0.2, 0) is 15.8 Å². The average molecular weight is 413 g/mol. The Morgan fingerprint density at radius 3 is 2.83 bits per heavy atom. The summed E-state index contributed by atoms with van der Waals surface area (Å²) in [4.78, 5) is 8.64. The summed E-state index contributed by atoms with van der Waals surface area (Å²) in [5.41, 5.74) is 0.947. The van der Waals surface area contributed by atoms with E-state index in [0.29, 0.717) is 40.7 Å². The van der Waals surface area contributed by atoms with Crippen molar-refractivity contribution in [2.24, 2.45) is 0 Å². The Kier molecular flexibility index (Phi) is 5.23. The maximum Gasteiger partial charge on any atom is 0.217 e. The Labute approximate surface area is 167 Å². The molecule has 4 aromatic rings. The van der Waals surface area contributed by atoms with Crippen molar-refractivity contribution >= 4 is 26.8 Å². The average Bonchev–Trinajstić information content (AvgIpc) is 3.36. The molecule has 0 atom stereocenters. The fraction of sp³-hybridized carbons (Fsp3) is 0.222. The van der Waals surface area contributed by atoms with Crippen LogP contribution in [0.15, 0.2) is 53.3 Å². The summed E-state index contributed by atoms with van der Waals surface area (Å²) in [5.74, 6) is 1.55. The predicted molar refractivity (Wildman–Crippen MR) is 107 cm³/mol. The highest BCUT2D eigenvalue weighted by molar-refractivity contribution is 7.88. The Morgan fingerprint density at radius 1 is 1.14 bits per heavy atom. The van der Waals surface area contributed by atoms with Crippen molar-refractivity contribution in [2.75, 3.05) is 18.4 Å². The van der Waals surface area contributed by atoms with Gasteiger partial charge in [-0.2, -0.15) is 5.10 Å². The fourth-order valence-electron chi connectivity index (χ4n) is 2.83. The first-order valence-corrected chi connectivity index (χ1v) is 10.6. The quantitative estimate of drug-likeness (QED) is 0.417. The number of aromatic nitrogens is 5. The molecule has 0 aliphatic rings. The monoisotopic (exact) mass is 413 g/mol. The second kappa shape index (κ2) is 7.97. The van der Waals surface area contributed by atoms with Gasteiger partial charge in [-0.25, -0.2) is 27.8 Å². The molecule has 0 aliphatic carbocycles. The number of fused-ring (bicyclic) bond motifs is 1. The number of nitrogens with one attached hydrogen (secondary N) is 2. The topological polar surface area (TPSA) is 128 Å². The summed E-state index contributed by atoms with van der Waals surface area (Å²) in [5, 5.41) is 11.8. The lowest BCUT2D eigenvalue weighted by molar-refractivity contribution is 0.448. The van der Waals surface area contributed by atoms with Gasteiger partial charge in [0.25, 0.3) is 0 Å². The molecule has 2 N–H and O–H groups in total. The Bertz CT molecular complexity index is 1220. The van der Waals surface area contributed by atoms with E-state index in [1.165, 1.54) is 0 Å². The molecule has 0 saturated carbocycles. The van der Waals surface area contributed by atoms with Crippen LogP contribution < -0.4 is 10.0 Å². The smallest absolute Gasteiger partial charge is 0.217 e. The van der Waals surface area contributed by atoms with Crippen molar-refractivity contribution in [3.8, 4) is 5.82 Å². The maximum atomic E-state index is 12.4. The van der Waals surface area contributed by atoms with Crippen LogP contribution in [0.3, 0.4) is 0 Å². The van der Waals surface area contributed by atoms with Gasteiger partial charge in [-0.15, -0.1) is 0 Å². The first-order chi connectivity index (χ1) is 14.0. The van der Waals surface area contributed by atoms with Crippen LogP contribution in [-0.4, -0.2) is 46.4 Å². The van der Waals surface area contributed by atoms with Gasteiger partial charge in [0.2, 0.25) is 10.0 Å². The molecular formula is C18H19N7O3S. The molecular weight excluding hydrogens is 394 g/mol. The van der Waals surface area contributed by atoms with E-state index < -0.39 is 10.0 Å². The van der Waals surface area contributed by atoms with Gasteiger partial charge < -0.3 is 9.84 Å². The molecule has 0 aliphatic heterocycles. The summed E-state index contributed by atoms with van der Waals surface area (Å²) in [6.07, 6.45) is 3.45. The SMILES string of the molecule is Cc1nc(NCCNS(=O)(=O)Cc2noc3ccccc23)cc(-n2cccn2)n1. The third-order valence-corrected chi connectivity index (χ3v) is 5.39. The number of para-hydroxylation sites is 1. The van der Waals surface area contributed by atoms with Gasteiger partial charge >= 0.3 is 0 Å². The molecule has 0 saturated heterocycles. The highest BCUT2D eigenvalue weighted by Crippen LogP contribution is 2.19. The molecule has 0 fully saturated rings.